The molecule has 7 heteroatoms. The van der Waals surface area contributed by atoms with Gasteiger partial charge in [0.25, 0.3) is 5.91 Å². The maximum atomic E-state index is 12.6. The van der Waals surface area contributed by atoms with Crippen molar-refractivity contribution in [3.05, 3.63) is 23.8 Å². The maximum absolute atomic E-state index is 12.6. The van der Waals surface area contributed by atoms with E-state index >= 15 is 0 Å². The van der Waals surface area contributed by atoms with Gasteiger partial charge in [-0.1, -0.05) is 0 Å². The molecule has 0 heterocycles. The number of aliphatic carboxylic acids is 1. The number of carbonyl (C=O) groups excluding carboxylic acids is 1. The molecule has 1 amide bonds. The van der Waals surface area contributed by atoms with E-state index in [9.17, 15) is 14.0 Å². The fraction of sp³-hybridized carbons (Fsp3) is 0.467. The molecule has 22 heavy (non-hydrogen) atoms. The first-order chi connectivity index (χ1) is 10.5. The van der Waals surface area contributed by atoms with Crippen LogP contribution in [0.5, 0.6) is 11.5 Å². The minimum Gasteiger partial charge on any atom is -0.497 e. The van der Waals surface area contributed by atoms with Crippen LogP contribution in [0.15, 0.2) is 18.2 Å². The molecule has 1 aliphatic rings. The van der Waals surface area contributed by atoms with E-state index in [0.717, 1.165) is 12.8 Å². The van der Waals surface area contributed by atoms with Gasteiger partial charge in [0.2, 0.25) is 0 Å². The van der Waals surface area contributed by atoms with Crippen LogP contribution in [-0.2, 0) is 4.79 Å². The van der Waals surface area contributed by atoms with Crippen LogP contribution in [0.25, 0.3) is 0 Å². The molecule has 0 bridgehead atoms. The van der Waals surface area contributed by atoms with Crippen molar-refractivity contribution in [3.8, 4) is 11.5 Å². The van der Waals surface area contributed by atoms with Crippen LogP contribution in [0.1, 0.15) is 23.2 Å². The van der Waals surface area contributed by atoms with Gasteiger partial charge in [0.15, 0.2) is 6.04 Å². The number of carboxylic acids is 1. The number of carbonyl (C=O) groups is 2. The molecule has 1 aliphatic carbocycles. The number of amides is 1. The number of methoxy groups -OCH3 is 1. The molecule has 1 unspecified atom stereocenters. The van der Waals surface area contributed by atoms with Crippen molar-refractivity contribution in [2.24, 2.45) is 5.92 Å². The largest absolute Gasteiger partial charge is 0.497 e. The average Bonchev–Trinajstić information content (AvgIpc) is 3.33. The fourth-order valence-electron chi connectivity index (χ4n) is 1.83. The van der Waals surface area contributed by atoms with E-state index in [2.05, 4.69) is 5.32 Å². The molecule has 1 fully saturated rings. The number of nitrogens with one attached hydrogen (secondary N) is 1. The van der Waals surface area contributed by atoms with E-state index in [1.165, 1.54) is 13.2 Å². The molecule has 0 aliphatic heterocycles. The number of halogens is 1. The molecule has 0 radical (unpaired) electrons. The highest BCUT2D eigenvalue weighted by atomic mass is 19.1. The Morgan fingerprint density at radius 2 is 2.18 bits per heavy atom. The Labute approximate surface area is 127 Å². The molecule has 1 aromatic carbocycles. The van der Waals surface area contributed by atoms with Crippen LogP contribution in [-0.4, -0.2) is 43.4 Å². The number of alkyl halides is 1. The van der Waals surface area contributed by atoms with Crippen molar-refractivity contribution >= 4 is 11.9 Å². The predicted molar refractivity (Wildman–Crippen MR) is 76.1 cm³/mol. The monoisotopic (exact) mass is 311 g/mol. The molecule has 2 rings (SSSR count). The molecule has 1 saturated carbocycles. The third-order valence-electron chi connectivity index (χ3n) is 3.36. The summed E-state index contributed by atoms with van der Waals surface area (Å²) in [4.78, 5) is 22.9. The highest BCUT2D eigenvalue weighted by molar-refractivity contribution is 5.99. The Hall–Kier alpha value is -2.31. The number of hydrogen-bond donors (Lipinski definition) is 2. The lowest BCUT2D eigenvalue weighted by Crippen LogP contribution is -2.42. The summed E-state index contributed by atoms with van der Waals surface area (Å²) in [5, 5.41) is 10.9. The number of ether oxygens (including phenoxy) is 2. The Bertz CT molecular complexity index is 559. The maximum Gasteiger partial charge on any atom is 0.328 e. The third-order valence-corrected chi connectivity index (χ3v) is 3.36. The highest BCUT2D eigenvalue weighted by Crippen LogP contribution is 2.31. The van der Waals surface area contributed by atoms with Crippen molar-refractivity contribution in [2.45, 2.75) is 18.9 Å². The fourth-order valence-corrected chi connectivity index (χ4v) is 1.83. The lowest BCUT2D eigenvalue weighted by molar-refractivity contribution is -0.139. The summed E-state index contributed by atoms with van der Waals surface area (Å²) >= 11 is 0. The Balaban J connectivity index is 2.15. The predicted octanol–water partition coefficient (Wildman–Crippen LogP) is 1.64. The lowest BCUT2D eigenvalue weighted by atomic mass is 10.1. The Morgan fingerprint density at radius 3 is 2.73 bits per heavy atom. The lowest BCUT2D eigenvalue weighted by Gasteiger charge is -2.15. The van der Waals surface area contributed by atoms with Gasteiger partial charge >= 0.3 is 5.97 Å². The van der Waals surface area contributed by atoms with Crippen LogP contribution < -0.4 is 14.8 Å². The van der Waals surface area contributed by atoms with Crippen molar-refractivity contribution in [1.82, 2.24) is 5.32 Å². The Kier molecular flexibility index (Phi) is 5.19. The third kappa shape index (κ3) is 4.09. The van der Waals surface area contributed by atoms with E-state index < -0.39 is 24.6 Å². The van der Waals surface area contributed by atoms with Gasteiger partial charge in [-0.25, -0.2) is 9.18 Å². The first-order valence-electron chi connectivity index (χ1n) is 6.95. The standard InChI is InChI=1S/C15H18FNO5/c1-21-10-4-5-11(13(6-10)22-8-9-2-3-9)14(18)17-12(7-16)15(19)20/h4-6,9,12H,2-3,7-8H2,1H3,(H,17,18)(H,19,20). The average molecular weight is 311 g/mol. The molecule has 0 saturated heterocycles. The number of rotatable bonds is 8. The molecule has 1 atom stereocenters. The summed E-state index contributed by atoms with van der Waals surface area (Å²) in [5.74, 6) is -0.822. The molecule has 120 valence electrons. The van der Waals surface area contributed by atoms with Gasteiger partial charge < -0.3 is 19.9 Å². The molecule has 1 aromatic rings. The molecule has 0 spiro atoms. The van der Waals surface area contributed by atoms with Gasteiger partial charge in [-0.2, -0.15) is 0 Å². The summed E-state index contributed by atoms with van der Waals surface area (Å²) in [6.07, 6.45) is 2.18. The van der Waals surface area contributed by atoms with Gasteiger partial charge in [0, 0.05) is 6.07 Å². The van der Waals surface area contributed by atoms with Crippen LogP contribution >= 0.6 is 0 Å². The minimum atomic E-state index is -1.58. The van der Waals surface area contributed by atoms with Crippen LogP contribution in [0.4, 0.5) is 4.39 Å². The SMILES string of the molecule is COc1ccc(C(=O)NC(CF)C(=O)O)c(OCC2CC2)c1. The normalized spacial score (nSPS) is 15.0. The summed E-state index contributed by atoms with van der Waals surface area (Å²) in [6.45, 7) is -0.700. The van der Waals surface area contributed by atoms with E-state index in [4.69, 9.17) is 14.6 Å². The zero-order chi connectivity index (χ0) is 16.1. The second-order valence-electron chi connectivity index (χ2n) is 5.14. The van der Waals surface area contributed by atoms with Gasteiger partial charge in [0.05, 0.1) is 19.3 Å². The Morgan fingerprint density at radius 1 is 1.45 bits per heavy atom. The van der Waals surface area contributed by atoms with Gasteiger partial charge in [0.1, 0.15) is 18.2 Å². The van der Waals surface area contributed by atoms with Crippen molar-refractivity contribution in [2.75, 3.05) is 20.4 Å². The van der Waals surface area contributed by atoms with Gasteiger partial charge in [-0.3, -0.25) is 4.79 Å². The van der Waals surface area contributed by atoms with E-state index in [1.54, 1.807) is 12.1 Å². The quantitative estimate of drug-likeness (QED) is 0.762. The zero-order valence-electron chi connectivity index (χ0n) is 12.2. The minimum absolute atomic E-state index is 0.154. The van der Waals surface area contributed by atoms with E-state index in [-0.39, 0.29) is 5.56 Å². The molecule has 0 aromatic heterocycles. The summed E-state index contributed by atoms with van der Waals surface area (Å²) in [7, 11) is 1.49. The van der Waals surface area contributed by atoms with Gasteiger partial charge in [-0.05, 0) is 30.9 Å². The van der Waals surface area contributed by atoms with E-state index in [1.807, 2.05) is 0 Å². The first kappa shape index (κ1) is 16.1. The van der Waals surface area contributed by atoms with Crippen LogP contribution in [0, 0.1) is 5.92 Å². The molecular weight excluding hydrogens is 293 g/mol. The molecule has 6 nitrogen and oxygen atoms in total. The first-order valence-corrected chi connectivity index (χ1v) is 6.95. The zero-order valence-corrected chi connectivity index (χ0v) is 12.2. The summed E-state index contributed by atoms with van der Waals surface area (Å²) in [5.41, 5.74) is 0.154. The summed E-state index contributed by atoms with van der Waals surface area (Å²) < 4.78 is 23.3. The number of benzene rings is 1. The molecular formula is C15H18FNO5. The van der Waals surface area contributed by atoms with Crippen molar-refractivity contribution in [1.29, 1.82) is 0 Å². The van der Waals surface area contributed by atoms with Crippen molar-refractivity contribution < 1.29 is 28.6 Å². The van der Waals surface area contributed by atoms with Crippen LogP contribution in [0.3, 0.4) is 0 Å². The van der Waals surface area contributed by atoms with E-state index in [0.29, 0.717) is 24.0 Å². The second kappa shape index (κ2) is 7.11. The van der Waals surface area contributed by atoms with Crippen molar-refractivity contribution in [3.63, 3.8) is 0 Å². The number of carboxylic acid groups (broad SMARTS) is 1. The molecule has 2 N–H and O–H groups in total. The second-order valence-corrected chi connectivity index (χ2v) is 5.14. The highest BCUT2D eigenvalue weighted by Gasteiger charge is 2.25. The summed E-state index contributed by atoms with van der Waals surface area (Å²) in [6, 6.07) is 3.01. The smallest absolute Gasteiger partial charge is 0.328 e. The topological polar surface area (TPSA) is 84.9 Å². The van der Waals surface area contributed by atoms with Crippen LogP contribution in [0.2, 0.25) is 0 Å². The van der Waals surface area contributed by atoms with Gasteiger partial charge in [-0.15, -0.1) is 0 Å². The number of hydrogen-bond acceptors (Lipinski definition) is 4.